The van der Waals surface area contributed by atoms with Gasteiger partial charge in [-0.3, -0.25) is 9.59 Å². The second-order valence-corrected chi connectivity index (χ2v) is 7.31. The predicted octanol–water partition coefficient (Wildman–Crippen LogP) is 3.22. The summed E-state index contributed by atoms with van der Waals surface area (Å²) in [5.74, 6) is -0.535. The molecule has 24 heavy (non-hydrogen) atoms. The van der Waals surface area contributed by atoms with Gasteiger partial charge in [0, 0.05) is 29.6 Å². The Labute approximate surface area is 144 Å². The predicted molar refractivity (Wildman–Crippen MR) is 91.8 cm³/mol. The van der Waals surface area contributed by atoms with Crippen molar-refractivity contribution < 1.29 is 14.0 Å². The van der Waals surface area contributed by atoms with Crippen LogP contribution >= 0.6 is 11.3 Å². The first-order chi connectivity index (χ1) is 11.4. The first-order valence-electron chi connectivity index (χ1n) is 7.91. The van der Waals surface area contributed by atoms with Crippen molar-refractivity contribution in [2.45, 2.75) is 32.9 Å². The monoisotopic (exact) mass is 346 g/mol. The number of halogens is 1. The van der Waals surface area contributed by atoms with Crippen molar-refractivity contribution >= 4 is 23.2 Å². The first-order valence-corrected chi connectivity index (χ1v) is 8.73. The van der Waals surface area contributed by atoms with Crippen molar-refractivity contribution in [3.63, 3.8) is 0 Å². The van der Waals surface area contributed by atoms with Crippen LogP contribution in [0.2, 0.25) is 0 Å². The average molecular weight is 346 g/mol. The Bertz CT molecular complexity index is 768. The van der Waals surface area contributed by atoms with E-state index in [0.717, 1.165) is 16.9 Å². The van der Waals surface area contributed by atoms with E-state index in [1.54, 1.807) is 4.90 Å². The maximum absolute atomic E-state index is 13.0. The van der Waals surface area contributed by atoms with E-state index < -0.39 is 0 Å². The van der Waals surface area contributed by atoms with Gasteiger partial charge in [-0.15, -0.1) is 11.3 Å². The summed E-state index contributed by atoms with van der Waals surface area (Å²) < 4.78 is 13.0. The molecule has 2 aromatic rings. The van der Waals surface area contributed by atoms with Gasteiger partial charge in [-0.05, 0) is 56.2 Å². The molecule has 0 saturated heterocycles. The van der Waals surface area contributed by atoms with Crippen LogP contribution in [-0.2, 0) is 13.0 Å². The van der Waals surface area contributed by atoms with Gasteiger partial charge in [0.2, 0.25) is 0 Å². The highest BCUT2D eigenvalue weighted by Gasteiger charge is 2.25. The van der Waals surface area contributed by atoms with Gasteiger partial charge in [0.05, 0.1) is 4.88 Å². The lowest BCUT2D eigenvalue weighted by Crippen LogP contribution is -2.35. The summed E-state index contributed by atoms with van der Waals surface area (Å²) in [6, 6.07) is 7.56. The van der Waals surface area contributed by atoms with Gasteiger partial charge < -0.3 is 10.2 Å². The summed E-state index contributed by atoms with van der Waals surface area (Å²) in [5, 5.41) is 2.89. The smallest absolute Gasteiger partial charge is 0.261 e. The van der Waals surface area contributed by atoms with E-state index in [9.17, 15) is 14.0 Å². The van der Waals surface area contributed by atoms with E-state index in [-0.39, 0.29) is 23.7 Å². The standard InChI is InChI=1S/C18H19FN2O2S/c1-11(2)20-17(22)16-9-13-10-21(8-7-15(13)24-16)18(23)12-3-5-14(19)6-4-12/h3-6,9,11H,7-8,10H2,1-2H3,(H,20,22). The van der Waals surface area contributed by atoms with Gasteiger partial charge in [-0.1, -0.05) is 0 Å². The van der Waals surface area contributed by atoms with Crippen molar-refractivity contribution in [1.29, 1.82) is 0 Å². The average Bonchev–Trinajstić information content (AvgIpc) is 2.97. The molecule has 0 bridgehead atoms. The number of hydrogen-bond acceptors (Lipinski definition) is 3. The SMILES string of the molecule is CC(C)NC(=O)c1cc2c(s1)CCN(C(=O)c1ccc(F)cc1)C2. The Morgan fingerprint density at radius 1 is 1.25 bits per heavy atom. The van der Waals surface area contributed by atoms with E-state index >= 15 is 0 Å². The number of nitrogens with zero attached hydrogens (tertiary/aromatic N) is 1. The summed E-state index contributed by atoms with van der Waals surface area (Å²) in [5.41, 5.74) is 1.50. The topological polar surface area (TPSA) is 49.4 Å². The van der Waals surface area contributed by atoms with Crippen LogP contribution < -0.4 is 5.32 Å². The molecule has 0 fully saturated rings. The number of hydrogen-bond donors (Lipinski definition) is 1. The van der Waals surface area contributed by atoms with Crippen LogP contribution in [0.4, 0.5) is 4.39 Å². The first kappa shape index (κ1) is 16.6. The molecule has 4 nitrogen and oxygen atoms in total. The zero-order valence-corrected chi connectivity index (χ0v) is 14.5. The molecule has 1 N–H and O–H groups in total. The largest absolute Gasteiger partial charge is 0.349 e. The van der Waals surface area contributed by atoms with E-state index in [2.05, 4.69) is 5.32 Å². The minimum Gasteiger partial charge on any atom is -0.349 e. The van der Waals surface area contributed by atoms with Crippen LogP contribution in [0, 0.1) is 5.82 Å². The number of carbonyl (C=O) groups excluding carboxylic acids is 2. The molecule has 0 aliphatic carbocycles. The third kappa shape index (κ3) is 3.48. The lowest BCUT2D eigenvalue weighted by atomic mass is 10.1. The Morgan fingerprint density at radius 2 is 1.96 bits per heavy atom. The molecule has 2 amide bonds. The zero-order valence-electron chi connectivity index (χ0n) is 13.6. The molecular formula is C18H19FN2O2S. The van der Waals surface area contributed by atoms with Gasteiger partial charge in [0.15, 0.2) is 0 Å². The molecule has 1 aliphatic rings. The minimum absolute atomic E-state index is 0.0687. The van der Waals surface area contributed by atoms with Crippen molar-refractivity contribution in [2.75, 3.05) is 6.54 Å². The lowest BCUT2D eigenvalue weighted by molar-refractivity contribution is 0.0735. The van der Waals surface area contributed by atoms with Crippen LogP contribution in [0.1, 0.15) is 44.3 Å². The number of nitrogens with one attached hydrogen (secondary N) is 1. The molecule has 1 aromatic heterocycles. The molecule has 0 atom stereocenters. The molecule has 0 radical (unpaired) electrons. The second-order valence-electron chi connectivity index (χ2n) is 6.17. The van der Waals surface area contributed by atoms with Crippen LogP contribution in [-0.4, -0.2) is 29.3 Å². The molecular weight excluding hydrogens is 327 g/mol. The van der Waals surface area contributed by atoms with Crippen molar-refractivity contribution in [1.82, 2.24) is 10.2 Å². The van der Waals surface area contributed by atoms with Crippen LogP contribution in [0.3, 0.4) is 0 Å². The molecule has 6 heteroatoms. The fourth-order valence-corrected chi connectivity index (χ4v) is 3.79. The lowest BCUT2D eigenvalue weighted by Gasteiger charge is -2.27. The number of fused-ring (bicyclic) bond motifs is 1. The highest BCUT2D eigenvalue weighted by Crippen LogP contribution is 2.29. The van der Waals surface area contributed by atoms with Gasteiger partial charge in [0.1, 0.15) is 5.82 Å². The highest BCUT2D eigenvalue weighted by atomic mass is 32.1. The zero-order chi connectivity index (χ0) is 17.3. The number of benzene rings is 1. The summed E-state index contributed by atoms with van der Waals surface area (Å²) in [6.45, 7) is 4.94. The fourth-order valence-electron chi connectivity index (χ4n) is 2.73. The van der Waals surface area contributed by atoms with Crippen molar-refractivity contribution in [2.24, 2.45) is 0 Å². The Morgan fingerprint density at radius 3 is 2.62 bits per heavy atom. The maximum Gasteiger partial charge on any atom is 0.261 e. The summed E-state index contributed by atoms with van der Waals surface area (Å²) in [4.78, 5) is 28.2. The number of carbonyl (C=O) groups is 2. The summed E-state index contributed by atoms with van der Waals surface area (Å²) >= 11 is 1.50. The third-order valence-corrected chi connectivity index (χ3v) is 5.12. The number of rotatable bonds is 3. The van der Waals surface area contributed by atoms with Gasteiger partial charge in [0.25, 0.3) is 11.8 Å². The Balaban J connectivity index is 1.74. The van der Waals surface area contributed by atoms with Crippen molar-refractivity contribution in [3.8, 4) is 0 Å². The van der Waals surface area contributed by atoms with Gasteiger partial charge in [-0.25, -0.2) is 4.39 Å². The van der Waals surface area contributed by atoms with E-state index in [4.69, 9.17) is 0 Å². The minimum atomic E-state index is -0.355. The Kier molecular flexibility index (Phi) is 4.66. The second kappa shape index (κ2) is 6.73. The van der Waals surface area contributed by atoms with Crippen LogP contribution in [0.25, 0.3) is 0 Å². The fraction of sp³-hybridized carbons (Fsp3) is 0.333. The molecule has 126 valence electrons. The maximum atomic E-state index is 13.0. The molecule has 0 spiro atoms. The van der Waals surface area contributed by atoms with E-state index in [1.165, 1.54) is 35.6 Å². The normalized spacial score (nSPS) is 13.8. The Hall–Kier alpha value is -2.21. The molecule has 2 heterocycles. The third-order valence-electron chi connectivity index (χ3n) is 3.89. The van der Waals surface area contributed by atoms with Crippen molar-refractivity contribution in [3.05, 3.63) is 57.0 Å². The highest BCUT2D eigenvalue weighted by molar-refractivity contribution is 7.14. The van der Waals surface area contributed by atoms with Gasteiger partial charge >= 0.3 is 0 Å². The summed E-state index contributed by atoms with van der Waals surface area (Å²) in [6.07, 6.45) is 0.738. The molecule has 3 rings (SSSR count). The number of amides is 2. The molecule has 1 aliphatic heterocycles. The molecule has 1 aromatic carbocycles. The van der Waals surface area contributed by atoms with E-state index in [0.29, 0.717) is 23.5 Å². The number of thiophene rings is 1. The summed E-state index contributed by atoms with van der Waals surface area (Å²) in [7, 11) is 0. The quantitative estimate of drug-likeness (QED) is 0.928. The van der Waals surface area contributed by atoms with Gasteiger partial charge in [-0.2, -0.15) is 0 Å². The van der Waals surface area contributed by atoms with Crippen LogP contribution in [0.5, 0.6) is 0 Å². The van der Waals surface area contributed by atoms with Crippen LogP contribution in [0.15, 0.2) is 30.3 Å². The molecule has 0 saturated carbocycles. The molecule has 0 unspecified atom stereocenters. The van der Waals surface area contributed by atoms with E-state index in [1.807, 2.05) is 19.9 Å².